The standard InChI is InChI=1S/C25H29NO13S2/c1-36-18-9-7-14(11-17(18)28)8-10-21(29)37-13-19-22(30)23(31)24(32)25(38-19)40-20(26-39-41(33,34)35)12-16(27)15-5-3-2-4-6-15/h2-11,16,19,22-25,27-28,30-32H,12-13H2,1H3,(H,33,34,35)/b10-8+,26-20-/t16-,19+,22+,23-,24+,25-/m0/s1. The molecule has 1 saturated heterocycles. The van der Waals surface area contributed by atoms with Crippen molar-refractivity contribution in [1.29, 1.82) is 0 Å². The number of oxime groups is 1. The summed E-state index contributed by atoms with van der Waals surface area (Å²) in [5, 5.41) is 54.7. The lowest BCUT2D eigenvalue weighted by Gasteiger charge is -2.40. The normalized spacial score (nSPS) is 24.1. The van der Waals surface area contributed by atoms with Gasteiger partial charge in [-0.25, -0.2) is 9.08 Å². The number of phenolic OH excluding ortho intramolecular Hbond substituents is 1. The predicted octanol–water partition coefficient (Wildman–Crippen LogP) is 0.755. The molecular formula is C25H29NO13S2. The summed E-state index contributed by atoms with van der Waals surface area (Å²) in [5.41, 5.74) is -0.501. The highest BCUT2D eigenvalue weighted by molar-refractivity contribution is 8.14. The number of phenols is 1. The third-order valence-electron chi connectivity index (χ3n) is 5.71. The van der Waals surface area contributed by atoms with Crippen LogP contribution in [0.1, 0.15) is 23.7 Å². The van der Waals surface area contributed by atoms with Gasteiger partial charge in [0.2, 0.25) is 0 Å². The Bertz CT molecular complexity index is 1340. The number of nitrogens with zero attached hydrogens (tertiary/aromatic N) is 1. The Kier molecular flexibility index (Phi) is 11.5. The molecule has 0 saturated carbocycles. The number of carbonyl (C=O) groups is 1. The quantitative estimate of drug-likeness (QED) is 0.0513. The van der Waals surface area contributed by atoms with Gasteiger partial charge in [0.25, 0.3) is 0 Å². The number of ether oxygens (including phenoxy) is 3. The Morgan fingerprint density at radius 2 is 1.83 bits per heavy atom. The zero-order chi connectivity index (χ0) is 30.2. The van der Waals surface area contributed by atoms with E-state index < -0.39 is 58.9 Å². The number of esters is 1. The van der Waals surface area contributed by atoms with Crippen LogP contribution in [0.3, 0.4) is 0 Å². The molecule has 1 aliphatic rings. The second kappa shape index (κ2) is 14.6. The van der Waals surface area contributed by atoms with Gasteiger partial charge < -0.3 is 39.7 Å². The molecule has 14 nitrogen and oxygen atoms in total. The van der Waals surface area contributed by atoms with E-state index in [0.29, 0.717) is 22.9 Å². The van der Waals surface area contributed by atoms with Crippen LogP contribution in [0.2, 0.25) is 0 Å². The van der Waals surface area contributed by atoms with E-state index in [1.165, 1.54) is 25.3 Å². The summed E-state index contributed by atoms with van der Waals surface area (Å²) in [4.78, 5) is 12.2. The molecule has 0 aliphatic carbocycles. The van der Waals surface area contributed by atoms with Crippen LogP contribution < -0.4 is 4.74 Å². The Balaban J connectivity index is 1.67. The van der Waals surface area contributed by atoms with Crippen molar-refractivity contribution in [3.63, 3.8) is 0 Å². The molecular weight excluding hydrogens is 586 g/mol. The molecule has 41 heavy (non-hydrogen) atoms. The fraction of sp³-hybridized carbons (Fsp3) is 0.360. The van der Waals surface area contributed by atoms with E-state index in [-0.39, 0.29) is 23.0 Å². The van der Waals surface area contributed by atoms with E-state index >= 15 is 0 Å². The van der Waals surface area contributed by atoms with Gasteiger partial charge in [-0.05, 0) is 29.3 Å². The summed E-state index contributed by atoms with van der Waals surface area (Å²) in [6.07, 6.45) is -5.67. The molecule has 1 fully saturated rings. The van der Waals surface area contributed by atoms with Crippen LogP contribution >= 0.6 is 11.8 Å². The van der Waals surface area contributed by atoms with Gasteiger partial charge in [-0.3, -0.25) is 4.55 Å². The third kappa shape index (κ3) is 9.68. The first-order valence-electron chi connectivity index (χ1n) is 11.9. The molecule has 224 valence electrons. The number of methoxy groups -OCH3 is 1. The Hall–Kier alpha value is -3.22. The number of hydrogen-bond acceptors (Lipinski definition) is 14. The van der Waals surface area contributed by atoms with Crippen LogP contribution in [0.4, 0.5) is 0 Å². The number of carbonyl (C=O) groups excluding carboxylic acids is 1. The van der Waals surface area contributed by atoms with Crippen molar-refractivity contribution in [2.24, 2.45) is 5.16 Å². The molecule has 0 bridgehead atoms. The highest BCUT2D eigenvalue weighted by Crippen LogP contribution is 2.32. The molecule has 6 atom stereocenters. The maximum atomic E-state index is 12.2. The molecule has 0 unspecified atom stereocenters. The van der Waals surface area contributed by atoms with Crippen LogP contribution in [-0.4, -0.2) is 93.1 Å². The molecule has 0 aromatic heterocycles. The summed E-state index contributed by atoms with van der Waals surface area (Å²) >= 11 is 0.551. The minimum atomic E-state index is -5.01. The molecule has 3 rings (SSSR count). The van der Waals surface area contributed by atoms with Crippen molar-refractivity contribution in [3.8, 4) is 11.5 Å². The summed E-state index contributed by atoms with van der Waals surface area (Å²) in [6, 6.07) is 12.7. The van der Waals surface area contributed by atoms with E-state index in [2.05, 4.69) is 9.44 Å². The first kappa shape index (κ1) is 32.3. The van der Waals surface area contributed by atoms with Gasteiger partial charge in [0.05, 0.1) is 13.2 Å². The van der Waals surface area contributed by atoms with Crippen molar-refractivity contribution in [1.82, 2.24) is 0 Å². The van der Waals surface area contributed by atoms with Crippen LogP contribution in [0, 0.1) is 0 Å². The maximum Gasteiger partial charge on any atom is 0.466 e. The van der Waals surface area contributed by atoms with Crippen molar-refractivity contribution < 1.29 is 61.8 Å². The first-order chi connectivity index (χ1) is 19.4. The number of thioether (sulfide) groups is 1. The zero-order valence-electron chi connectivity index (χ0n) is 21.5. The Morgan fingerprint density at radius 1 is 1.12 bits per heavy atom. The van der Waals surface area contributed by atoms with E-state index in [4.69, 9.17) is 18.8 Å². The fourth-order valence-electron chi connectivity index (χ4n) is 3.63. The molecule has 16 heteroatoms. The molecule has 0 spiro atoms. The van der Waals surface area contributed by atoms with Crippen molar-refractivity contribution >= 4 is 39.2 Å². The van der Waals surface area contributed by atoms with E-state index in [1.807, 2.05) is 0 Å². The molecule has 2 aromatic rings. The predicted molar refractivity (Wildman–Crippen MR) is 145 cm³/mol. The van der Waals surface area contributed by atoms with E-state index in [9.17, 15) is 38.7 Å². The lowest BCUT2D eigenvalue weighted by atomic mass is 10.0. The van der Waals surface area contributed by atoms with Gasteiger partial charge in [-0.2, -0.15) is 8.42 Å². The number of aromatic hydroxyl groups is 1. The molecule has 6 N–H and O–H groups in total. The number of rotatable bonds is 11. The van der Waals surface area contributed by atoms with Gasteiger partial charge in [-0.1, -0.05) is 53.3 Å². The monoisotopic (exact) mass is 615 g/mol. The summed E-state index contributed by atoms with van der Waals surface area (Å²) in [5.74, 6) is -0.747. The van der Waals surface area contributed by atoms with E-state index in [1.54, 1.807) is 36.4 Å². The van der Waals surface area contributed by atoms with Gasteiger partial charge in [0.15, 0.2) is 11.5 Å². The topological polar surface area (TPSA) is 222 Å². The lowest BCUT2D eigenvalue weighted by molar-refractivity contribution is -0.209. The van der Waals surface area contributed by atoms with Gasteiger partial charge in [0, 0.05) is 12.5 Å². The van der Waals surface area contributed by atoms with Crippen LogP contribution in [0.5, 0.6) is 11.5 Å². The van der Waals surface area contributed by atoms with E-state index in [0.717, 1.165) is 6.08 Å². The molecule has 2 aromatic carbocycles. The fourth-order valence-corrected chi connectivity index (χ4v) is 4.96. The van der Waals surface area contributed by atoms with Crippen LogP contribution in [0.25, 0.3) is 6.08 Å². The SMILES string of the molecule is COc1ccc(/C=C/C(=O)OC[C@H]2O[C@@H](S/C(C[C@H](O)c3ccccc3)=N\OS(=O)(=O)O)[C@H](O)[C@@H](O)[C@@H]2O)cc1O. The molecule has 1 aliphatic heterocycles. The number of benzene rings is 2. The second-order valence-corrected chi connectivity index (χ2v) is 10.8. The Labute approximate surface area is 239 Å². The van der Waals surface area contributed by atoms with Gasteiger partial charge in [0.1, 0.15) is 41.5 Å². The summed E-state index contributed by atoms with van der Waals surface area (Å²) < 4.78 is 50.8. The third-order valence-corrected chi connectivity index (χ3v) is 7.11. The van der Waals surface area contributed by atoms with Crippen molar-refractivity contribution in [2.45, 2.75) is 42.4 Å². The zero-order valence-corrected chi connectivity index (χ0v) is 23.1. The number of aliphatic hydroxyl groups excluding tert-OH is 4. The Morgan fingerprint density at radius 3 is 2.46 bits per heavy atom. The van der Waals surface area contributed by atoms with Crippen molar-refractivity contribution in [2.75, 3.05) is 13.7 Å². The van der Waals surface area contributed by atoms with Gasteiger partial charge >= 0.3 is 16.4 Å². The molecule has 0 radical (unpaired) electrons. The smallest absolute Gasteiger partial charge is 0.466 e. The maximum absolute atomic E-state index is 12.2. The highest BCUT2D eigenvalue weighted by atomic mass is 32.3. The average molecular weight is 616 g/mol. The molecule has 1 heterocycles. The highest BCUT2D eigenvalue weighted by Gasteiger charge is 2.45. The minimum Gasteiger partial charge on any atom is -0.504 e. The minimum absolute atomic E-state index is 0.140. The first-order valence-corrected chi connectivity index (χ1v) is 14.2. The summed E-state index contributed by atoms with van der Waals surface area (Å²) in [7, 11) is -3.63. The largest absolute Gasteiger partial charge is 0.504 e. The summed E-state index contributed by atoms with van der Waals surface area (Å²) in [6.45, 7) is -0.556. The van der Waals surface area contributed by atoms with Crippen LogP contribution in [0.15, 0.2) is 59.8 Å². The lowest BCUT2D eigenvalue weighted by Crippen LogP contribution is -2.58. The van der Waals surface area contributed by atoms with Crippen LogP contribution in [-0.2, 0) is 29.0 Å². The van der Waals surface area contributed by atoms with Gasteiger partial charge in [-0.15, -0.1) is 0 Å². The number of aliphatic hydroxyl groups is 4. The van der Waals surface area contributed by atoms with Crippen molar-refractivity contribution in [3.05, 3.63) is 65.7 Å². The second-order valence-electron chi connectivity index (χ2n) is 8.65. The number of hydrogen-bond donors (Lipinski definition) is 6. The molecule has 0 amide bonds. The average Bonchev–Trinajstić information content (AvgIpc) is 2.94.